The van der Waals surface area contributed by atoms with E-state index in [4.69, 9.17) is 26.4 Å². The second-order valence-corrected chi connectivity index (χ2v) is 9.40. The van der Waals surface area contributed by atoms with Gasteiger partial charge in [-0.15, -0.1) is 0 Å². The quantitative estimate of drug-likeness (QED) is 0.232. The summed E-state index contributed by atoms with van der Waals surface area (Å²) in [5.41, 5.74) is 1.28. The zero-order valence-corrected chi connectivity index (χ0v) is 21.3. The number of anilines is 1. The van der Waals surface area contributed by atoms with Gasteiger partial charge < -0.3 is 14.2 Å². The molecule has 2 aromatic rings. The number of amides is 3. The van der Waals surface area contributed by atoms with Crippen molar-refractivity contribution in [2.24, 2.45) is 0 Å². The minimum Gasteiger partial charge on any atom is -0.493 e. The van der Waals surface area contributed by atoms with E-state index in [-0.39, 0.29) is 17.3 Å². The molecule has 0 saturated carbocycles. The van der Waals surface area contributed by atoms with Crippen molar-refractivity contribution in [3.63, 3.8) is 0 Å². The summed E-state index contributed by atoms with van der Waals surface area (Å²) in [4.78, 5) is 53.6. The molecule has 1 unspecified atom stereocenters. The molecule has 2 heterocycles. The average Bonchev–Trinajstić information content (AvgIpc) is 3.31. The highest BCUT2D eigenvalue weighted by Gasteiger charge is 2.48. The third-order valence-corrected chi connectivity index (χ3v) is 6.93. The Hall–Kier alpha value is -3.70. The molecule has 2 fully saturated rings. The summed E-state index contributed by atoms with van der Waals surface area (Å²) in [6.07, 6.45) is 1.45. The monoisotopic (exact) mass is 526 g/mol. The number of benzene rings is 2. The largest absolute Gasteiger partial charge is 0.493 e. The number of thioether (sulfide) groups is 1. The summed E-state index contributed by atoms with van der Waals surface area (Å²) < 4.78 is 15.7. The Morgan fingerprint density at radius 1 is 1.08 bits per heavy atom. The normalized spacial score (nSPS) is 18.9. The van der Waals surface area contributed by atoms with Gasteiger partial charge in [-0.05, 0) is 55.0 Å². The number of carbonyl (C=O) groups is 4. The van der Waals surface area contributed by atoms with Crippen LogP contribution in [0.5, 0.6) is 11.5 Å². The summed E-state index contributed by atoms with van der Waals surface area (Å²) in [5, 5.41) is 0. The first kappa shape index (κ1) is 25.4. The summed E-state index contributed by atoms with van der Waals surface area (Å²) in [7, 11) is 3.04. The highest BCUT2D eigenvalue weighted by Crippen LogP contribution is 2.38. The van der Waals surface area contributed by atoms with E-state index >= 15 is 0 Å². The standard InChI is InChI=1S/C25H22N2O7S2/c1-4-34-24(31)15-6-8-16(9-7-15)26-21(28)13-17(22(26)29)27-23(30)20(36-25(27)35)12-14-5-10-18(32-2)19(11-14)33-3/h5-12,17H,4,13H2,1-3H3/b20-12-. The topological polar surface area (TPSA) is 102 Å². The maximum absolute atomic E-state index is 13.2. The van der Waals surface area contributed by atoms with Gasteiger partial charge in [-0.1, -0.05) is 30.0 Å². The van der Waals surface area contributed by atoms with Crippen LogP contribution in [0.25, 0.3) is 6.08 Å². The van der Waals surface area contributed by atoms with Crippen LogP contribution in [0.2, 0.25) is 0 Å². The Morgan fingerprint density at radius 3 is 2.42 bits per heavy atom. The highest BCUT2D eigenvalue weighted by molar-refractivity contribution is 8.26. The first-order valence-corrected chi connectivity index (χ1v) is 12.1. The molecule has 11 heteroatoms. The van der Waals surface area contributed by atoms with E-state index in [9.17, 15) is 19.2 Å². The average molecular weight is 527 g/mol. The van der Waals surface area contributed by atoms with Crippen molar-refractivity contribution in [2.45, 2.75) is 19.4 Å². The third kappa shape index (κ3) is 4.71. The lowest BCUT2D eigenvalue weighted by molar-refractivity contribution is -0.129. The first-order valence-electron chi connectivity index (χ1n) is 10.9. The number of carbonyl (C=O) groups excluding carboxylic acids is 4. The van der Waals surface area contributed by atoms with Crippen molar-refractivity contribution < 1.29 is 33.4 Å². The van der Waals surface area contributed by atoms with Crippen LogP contribution in [0.1, 0.15) is 29.3 Å². The Kier molecular flexibility index (Phi) is 7.41. The number of esters is 1. The van der Waals surface area contributed by atoms with Gasteiger partial charge in [0.15, 0.2) is 11.5 Å². The molecule has 186 valence electrons. The lowest BCUT2D eigenvalue weighted by Crippen LogP contribution is -2.44. The summed E-state index contributed by atoms with van der Waals surface area (Å²) in [6, 6.07) is 10.1. The molecule has 2 aliphatic rings. The molecule has 0 bridgehead atoms. The number of methoxy groups -OCH3 is 2. The van der Waals surface area contributed by atoms with Gasteiger partial charge in [0.25, 0.3) is 11.8 Å². The van der Waals surface area contributed by atoms with E-state index in [1.54, 1.807) is 31.2 Å². The Bertz CT molecular complexity index is 1290. The number of ether oxygens (including phenoxy) is 3. The van der Waals surface area contributed by atoms with Gasteiger partial charge in [0.05, 0.1) is 43.4 Å². The predicted molar refractivity (Wildman–Crippen MR) is 138 cm³/mol. The van der Waals surface area contributed by atoms with Gasteiger partial charge in [0.1, 0.15) is 10.4 Å². The van der Waals surface area contributed by atoms with Gasteiger partial charge in [0.2, 0.25) is 5.91 Å². The van der Waals surface area contributed by atoms with Crippen LogP contribution in [-0.2, 0) is 19.1 Å². The van der Waals surface area contributed by atoms with Crippen molar-refractivity contribution in [3.8, 4) is 11.5 Å². The number of nitrogens with zero attached hydrogens (tertiary/aromatic N) is 2. The zero-order valence-electron chi connectivity index (χ0n) is 19.7. The van der Waals surface area contributed by atoms with Crippen molar-refractivity contribution in [1.82, 2.24) is 4.90 Å². The van der Waals surface area contributed by atoms with Crippen LogP contribution in [0.4, 0.5) is 5.69 Å². The molecular weight excluding hydrogens is 504 g/mol. The van der Waals surface area contributed by atoms with Crippen LogP contribution in [-0.4, -0.2) is 59.8 Å². The van der Waals surface area contributed by atoms with Gasteiger partial charge in [-0.3, -0.25) is 19.3 Å². The zero-order chi connectivity index (χ0) is 26.0. The molecule has 4 rings (SSSR count). The second-order valence-electron chi connectivity index (χ2n) is 7.72. The van der Waals surface area contributed by atoms with E-state index in [1.807, 2.05) is 0 Å². The molecule has 9 nitrogen and oxygen atoms in total. The Balaban J connectivity index is 1.55. The molecule has 2 aliphatic heterocycles. The number of thiocarbonyl (C=S) groups is 1. The Morgan fingerprint density at radius 2 is 1.78 bits per heavy atom. The van der Waals surface area contributed by atoms with Gasteiger partial charge in [-0.2, -0.15) is 0 Å². The summed E-state index contributed by atoms with van der Waals surface area (Å²) >= 11 is 6.46. The molecule has 0 aromatic heterocycles. The smallest absolute Gasteiger partial charge is 0.338 e. The van der Waals surface area contributed by atoms with Gasteiger partial charge >= 0.3 is 5.97 Å². The minimum absolute atomic E-state index is 0.192. The minimum atomic E-state index is -1.05. The fourth-order valence-electron chi connectivity index (χ4n) is 3.89. The molecule has 0 radical (unpaired) electrons. The van der Waals surface area contributed by atoms with Crippen molar-refractivity contribution in [1.29, 1.82) is 0 Å². The Labute approximate surface area is 217 Å². The second kappa shape index (κ2) is 10.5. The first-order chi connectivity index (χ1) is 17.3. The van der Waals surface area contributed by atoms with E-state index in [0.717, 1.165) is 16.7 Å². The fraction of sp³-hybridized carbons (Fsp3) is 0.240. The van der Waals surface area contributed by atoms with E-state index < -0.39 is 29.7 Å². The van der Waals surface area contributed by atoms with E-state index in [0.29, 0.717) is 33.2 Å². The maximum atomic E-state index is 13.2. The van der Waals surface area contributed by atoms with E-state index in [2.05, 4.69) is 0 Å². The molecular formula is C25H22N2O7S2. The third-order valence-electron chi connectivity index (χ3n) is 5.60. The maximum Gasteiger partial charge on any atom is 0.338 e. The van der Waals surface area contributed by atoms with Crippen LogP contribution in [0.15, 0.2) is 47.4 Å². The number of imide groups is 1. The molecule has 3 amide bonds. The van der Waals surface area contributed by atoms with Crippen molar-refractivity contribution in [3.05, 3.63) is 58.5 Å². The van der Waals surface area contributed by atoms with Crippen molar-refractivity contribution in [2.75, 3.05) is 25.7 Å². The molecule has 1 atom stereocenters. The predicted octanol–water partition coefficient (Wildman–Crippen LogP) is 3.41. The molecule has 36 heavy (non-hydrogen) atoms. The van der Waals surface area contributed by atoms with Crippen LogP contribution in [0, 0.1) is 0 Å². The summed E-state index contributed by atoms with van der Waals surface area (Å²) in [5.74, 6) is -0.930. The van der Waals surface area contributed by atoms with Crippen LogP contribution in [0.3, 0.4) is 0 Å². The van der Waals surface area contributed by atoms with E-state index in [1.165, 1.54) is 43.4 Å². The lowest BCUT2D eigenvalue weighted by atomic mass is 10.1. The molecule has 2 aromatic carbocycles. The summed E-state index contributed by atoms with van der Waals surface area (Å²) in [6.45, 7) is 1.93. The van der Waals surface area contributed by atoms with Gasteiger partial charge in [-0.25, -0.2) is 9.69 Å². The van der Waals surface area contributed by atoms with Crippen LogP contribution < -0.4 is 14.4 Å². The SMILES string of the molecule is CCOC(=O)c1ccc(N2C(=O)CC(N3C(=O)/C(=C/c4ccc(OC)c(OC)c4)SC3=S)C2=O)cc1. The molecule has 0 aliphatic carbocycles. The highest BCUT2D eigenvalue weighted by atomic mass is 32.2. The van der Waals surface area contributed by atoms with Crippen LogP contribution >= 0.6 is 24.0 Å². The van der Waals surface area contributed by atoms with Crippen molar-refractivity contribution >= 4 is 63.8 Å². The fourth-order valence-corrected chi connectivity index (χ4v) is 5.25. The molecule has 0 N–H and O–H groups in total. The number of hydrogen-bond acceptors (Lipinski definition) is 9. The number of hydrogen-bond donors (Lipinski definition) is 0. The molecule has 0 spiro atoms. The number of rotatable bonds is 7. The lowest BCUT2D eigenvalue weighted by Gasteiger charge is -2.21. The van der Waals surface area contributed by atoms with Gasteiger partial charge in [0, 0.05) is 0 Å². The molecule has 2 saturated heterocycles.